The lowest BCUT2D eigenvalue weighted by molar-refractivity contribution is -0.125. The molecule has 2 rings (SSSR count). The van der Waals surface area contributed by atoms with Crippen molar-refractivity contribution < 1.29 is 19.4 Å². The number of hydrogen-bond donors (Lipinski definition) is 2. The van der Waals surface area contributed by atoms with Gasteiger partial charge in [0.05, 0.1) is 5.56 Å². The Kier molecular flexibility index (Phi) is 6.25. The number of carbonyl (C=O) groups is 2. The summed E-state index contributed by atoms with van der Waals surface area (Å²) in [5, 5.41) is 12.1. The average molecular weight is 305 g/mol. The smallest absolute Gasteiger partial charge is 0.338 e. The van der Waals surface area contributed by atoms with Crippen LogP contribution in [0.2, 0.25) is 0 Å². The molecule has 1 saturated carbocycles. The SMILES string of the molecule is O=C(COC(=O)c1ccc(O)cc1)NC1CCCCCCC1. The van der Waals surface area contributed by atoms with Gasteiger partial charge in [0, 0.05) is 6.04 Å². The molecule has 5 nitrogen and oxygen atoms in total. The molecule has 1 aliphatic carbocycles. The summed E-state index contributed by atoms with van der Waals surface area (Å²) >= 11 is 0. The highest BCUT2D eigenvalue weighted by Crippen LogP contribution is 2.17. The van der Waals surface area contributed by atoms with Crippen LogP contribution in [0.4, 0.5) is 0 Å². The van der Waals surface area contributed by atoms with Gasteiger partial charge < -0.3 is 15.2 Å². The molecule has 0 aliphatic heterocycles. The summed E-state index contributed by atoms with van der Waals surface area (Å²) in [5.74, 6) is -0.732. The van der Waals surface area contributed by atoms with Crippen molar-refractivity contribution >= 4 is 11.9 Å². The fourth-order valence-corrected chi connectivity index (χ4v) is 2.68. The molecular formula is C17H23NO4. The van der Waals surface area contributed by atoms with E-state index in [0.29, 0.717) is 5.56 Å². The van der Waals surface area contributed by atoms with Crippen molar-refractivity contribution in [3.05, 3.63) is 29.8 Å². The molecule has 2 N–H and O–H groups in total. The molecule has 0 radical (unpaired) electrons. The van der Waals surface area contributed by atoms with Gasteiger partial charge in [-0.1, -0.05) is 32.1 Å². The van der Waals surface area contributed by atoms with Gasteiger partial charge in [-0.05, 0) is 37.1 Å². The van der Waals surface area contributed by atoms with Gasteiger partial charge in [-0.15, -0.1) is 0 Å². The van der Waals surface area contributed by atoms with E-state index in [1.54, 1.807) is 0 Å². The van der Waals surface area contributed by atoms with E-state index in [-0.39, 0.29) is 24.3 Å². The van der Waals surface area contributed by atoms with Crippen molar-refractivity contribution in [2.24, 2.45) is 0 Å². The Balaban J connectivity index is 1.74. The first-order valence-corrected chi connectivity index (χ1v) is 7.90. The lowest BCUT2D eigenvalue weighted by Crippen LogP contribution is -2.38. The van der Waals surface area contributed by atoms with E-state index in [1.807, 2.05) is 0 Å². The number of carbonyl (C=O) groups excluding carboxylic acids is 2. The van der Waals surface area contributed by atoms with Gasteiger partial charge in [-0.25, -0.2) is 4.79 Å². The summed E-state index contributed by atoms with van der Waals surface area (Å²) in [7, 11) is 0. The first kappa shape index (κ1) is 16.3. The van der Waals surface area contributed by atoms with Gasteiger partial charge in [-0.3, -0.25) is 4.79 Å². The Morgan fingerprint density at radius 2 is 1.64 bits per heavy atom. The molecule has 5 heteroatoms. The van der Waals surface area contributed by atoms with Gasteiger partial charge in [0.1, 0.15) is 5.75 Å². The minimum absolute atomic E-state index is 0.0820. The summed E-state index contributed by atoms with van der Waals surface area (Å²) in [6, 6.07) is 5.94. The van der Waals surface area contributed by atoms with Crippen molar-refractivity contribution in [1.29, 1.82) is 0 Å². The molecule has 0 spiro atoms. The number of esters is 1. The number of ether oxygens (including phenoxy) is 1. The molecule has 0 aromatic heterocycles. The lowest BCUT2D eigenvalue weighted by atomic mass is 9.97. The third-order valence-electron chi connectivity index (χ3n) is 3.91. The zero-order valence-electron chi connectivity index (χ0n) is 12.7. The van der Waals surface area contributed by atoms with Gasteiger partial charge >= 0.3 is 5.97 Å². The summed E-state index contributed by atoms with van der Waals surface area (Å²) in [6.07, 6.45) is 8.00. The number of hydrogen-bond acceptors (Lipinski definition) is 4. The molecule has 1 amide bonds. The quantitative estimate of drug-likeness (QED) is 0.839. The molecule has 0 saturated heterocycles. The highest BCUT2D eigenvalue weighted by Gasteiger charge is 2.15. The maximum absolute atomic E-state index is 11.9. The van der Waals surface area contributed by atoms with Gasteiger partial charge in [0.25, 0.3) is 5.91 Å². The fraction of sp³-hybridized carbons (Fsp3) is 0.529. The Labute approximate surface area is 130 Å². The van der Waals surface area contributed by atoms with Crippen molar-refractivity contribution in [2.75, 3.05) is 6.61 Å². The van der Waals surface area contributed by atoms with Crippen LogP contribution in [0.25, 0.3) is 0 Å². The average Bonchev–Trinajstić information content (AvgIpc) is 2.48. The van der Waals surface area contributed by atoms with Gasteiger partial charge in [0.15, 0.2) is 6.61 Å². The molecule has 1 aromatic rings. The molecule has 120 valence electrons. The molecule has 0 unspecified atom stereocenters. The second kappa shape index (κ2) is 8.41. The molecule has 1 aliphatic rings. The topological polar surface area (TPSA) is 75.6 Å². The fourth-order valence-electron chi connectivity index (χ4n) is 2.68. The van der Waals surface area contributed by atoms with Gasteiger partial charge in [0.2, 0.25) is 0 Å². The molecule has 1 aromatic carbocycles. The molecule has 0 bridgehead atoms. The number of rotatable bonds is 4. The highest BCUT2D eigenvalue weighted by atomic mass is 16.5. The van der Waals surface area contributed by atoms with Crippen LogP contribution in [0, 0.1) is 0 Å². The maximum atomic E-state index is 11.9. The van der Waals surface area contributed by atoms with Crippen molar-refractivity contribution in [1.82, 2.24) is 5.32 Å². The number of nitrogens with one attached hydrogen (secondary N) is 1. The van der Waals surface area contributed by atoms with Crippen LogP contribution in [-0.4, -0.2) is 29.6 Å². The molecule has 22 heavy (non-hydrogen) atoms. The van der Waals surface area contributed by atoms with E-state index in [2.05, 4.69) is 5.32 Å². The molecule has 1 fully saturated rings. The van der Waals surface area contributed by atoms with Crippen LogP contribution >= 0.6 is 0 Å². The van der Waals surface area contributed by atoms with E-state index in [4.69, 9.17) is 9.84 Å². The van der Waals surface area contributed by atoms with E-state index < -0.39 is 5.97 Å². The first-order valence-electron chi connectivity index (χ1n) is 7.90. The minimum Gasteiger partial charge on any atom is -0.508 e. The third-order valence-corrected chi connectivity index (χ3v) is 3.91. The highest BCUT2D eigenvalue weighted by molar-refractivity contribution is 5.91. The van der Waals surface area contributed by atoms with Crippen LogP contribution in [0.15, 0.2) is 24.3 Å². The van der Waals surface area contributed by atoms with E-state index >= 15 is 0 Å². The predicted octanol–water partition coefficient (Wildman–Crippen LogP) is 2.78. The standard InChI is InChI=1S/C17H23NO4/c19-15-10-8-13(9-11-15)17(21)22-12-16(20)18-14-6-4-2-1-3-5-7-14/h8-11,14,19H,1-7,12H2,(H,18,20). The Hall–Kier alpha value is -2.04. The number of benzene rings is 1. The lowest BCUT2D eigenvalue weighted by Gasteiger charge is -2.20. The summed E-state index contributed by atoms with van der Waals surface area (Å²) in [4.78, 5) is 23.6. The zero-order valence-corrected chi connectivity index (χ0v) is 12.7. The van der Waals surface area contributed by atoms with Crippen LogP contribution < -0.4 is 5.32 Å². The monoisotopic (exact) mass is 305 g/mol. The summed E-state index contributed by atoms with van der Waals surface area (Å²) < 4.78 is 4.99. The van der Waals surface area contributed by atoms with Crippen molar-refractivity contribution in [3.8, 4) is 5.75 Å². The van der Waals surface area contributed by atoms with Crippen molar-refractivity contribution in [2.45, 2.75) is 51.0 Å². The first-order chi connectivity index (χ1) is 10.6. The zero-order chi connectivity index (χ0) is 15.8. The second-order valence-corrected chi connectivity index (χ2v) is 5.73. The van der Waals surface area contributed by atoms with Crippen LogP contribution in [0.5, 0.6) is 5.75 Å². The number of phenolic OH excluding ortho intramolecular Hbond substituents is 1. The van der Waals surface area contributed by atoms with Crippen LogP contribution in [-0.2, 0) is 9.53 Å². The van der Waals surface area contributed by atoms with Crippen molar-refractivity contribution in [3.63, 3.8) is 0 Å². The van der Waals surface area contributed by atoms with E-state index in [0.717, 1.165) is 25.7 Å². The minimum atomic E-state index is -0.562. The molecule has 0 atom stereocenters. The largest absolute Gasteiger partial charge is 0.508 e. The molecule has 0 heterocycles. The number of phenols is 1. The Bertz CT molecular complexity index is 490. The molecular weight excluding hydrogens is 282 g/mol. The summed E-state index contributed by atoms with van der Waals surface area (Å²) in [5.41, 5.74) is 0.316. The predicted molar refractivity (Wildman–Crippen MR) is 82.6 cm³/mol. The normalized spacial score (nSPS) is 16.4. The maximum Gasteiger partial charge on any atom is 0.338 e. The summed E-state index contributed by atoms with van der Waals surface area (Å²) in [6.45, 7) is -0.268. The Morgan fingerprint density at radius 1 is 1.05 bits per heavy atom. The van der Waals surface area contributed by atoms with Crippen LogP contribution in [0.1, 0.15) is 55.3 Å². The third kappa shape index (κ3) is 5.39. The van der Waals surface area contributed by atoms with E-state index in [1.165, 1.54) is 43.5 Å². The number of amides is 1. The number of aromatic hydroxyl groups is 1. The van der Waals surface area contributed by atoms with E-state index in [9.17, 15) is 9.59 Å². The van der Waals surface area contributed by atoms with Gasteiger partial charge in [-0.2, -0.15) is 0 Å². The second-order valence-electron chi connectivity index (χ2n) is 5.73. The van der Waals surface area contributed by atoms with Crippen LogP contribution in [0.3, 0.4) is 0 Å². The Morgan fingerprint density at radius 3 is 2.27 bits per heavy atom.